The first-order chi connectivity index (χ1) is 15.6. The van der Waals surface area contributed by atoms with Crippen LogP contribution in [0, 0.1) is 5.41 Å². The number of nitrogens with zero attached hydrogens (tertiary/aromatic N) is 2. The van der Waals surface area contributed by atoms with Crippen molar-refractivity contribution < 1.29 is 9.84 Å². The van der Waals surface area contributed by atoms with Gasteiger partial charge in [-0.05, 0) is 52.7 Å². The van der Waals surface area contributed by atoms with Crippen molar-refractivity contribution in [2.24, 2.45) is 10.7 Å². The normalized spacial score (nSPS) is 12.3. The Hall–Kier alpha value is -3.46. The average molecular weight is 462 g/mol. The van der Waals surface area contributed by atoms with Gasteiger partial charge in [-0.1, -0.05) is 30.3 Å². The van der Waals surface area contributed by atoms with E-state index in [1.807, 2.05) is 65.4 Å². The van der Waals surface area contributed by atoms with E-state index in [4.69, 9.17) is 15.9 Å². The zero-order chi connectivity index (χ0) is 22.3. The minimum absolute atomic E-state index is 0.0688. The predicted molar refractivity (Wildman–Crippen MR) is 131 cm³/mol. The third-order valence-electron chi connectivity index (χ3n) is 4.50. The number of aliphatic imine (C=N–C) groups is 1. The number of ether oxygens (including phenoxy) is 1. The molecule has 2 heterocycles. The summed E-state index contributed by atoms with van der Waals surface area (Å²) in [7, 11) is 0. The number of nitrogens with one attached hydrogen (secondary N) is 1. The molecule has 0 amide bonds. The number of hydrogen-bond acceptors (Lipinski definition) is 6. The molecule has 0 spiro atoms. The van der Waals surface area contributed by atoms with Crippen molar-refractivity contribution in [2.75, 3.05) is 6.61 Å². The fourth-order valence-electron chi connectivity index (χ4n) is 2.93. The molecular formula is C24H21N4O2S2. The first kappa shape index (κ1) is 21.8. The number of aliphatic hydroxyl groups is 1. The molecule has 0 fully saturated rings. The third kappa shape index (κ3) is 5.61. The van der Waals surface area contributed by atoms with E-state index in [1.165, 1.54) is 22.7 Å². The van der Waals surface area contributed by atoms with E-state index in [2.05, 4.69) is 10.3 Å². The molecule has 0 bridgehead atoms. The number of hydrogen-bond donors (Lipinski definition) is 3. The maximum absolute atomic E-state index is 10.6. The van der Waals surface area contributed by atoms with Gasteiger partial charge in [-0.25, -0.2) is 10.3 Å². The Kier molecular flexibility index (Phi) is 6.96. The van der Waals surface area contributed by atoms with E-state index in [-0.39, 0.29) is 12.4 Å². The van der Waals surface area contributed by atoms with Crippen LogP contribution >= 0.6 is 22.7 Å². The minimum atomic E-state index is -0.835. The first-order valence-electron chi connectivity index (χ1n) is 9.81. The molecule has 2 aromatic heterocycles. The number of aliphatic hydroxyl groups excluding tert-OH is 1. The second kappa shape index (κ2) is 10.2. The molecule has 0 unspecified atom stereocenters. The fourth-order valence-corrected chi connectivity index (χ4v) is 4.18. The van der Waals surface area contributed by atoms with Crippen molar-refractivity contribution in [1.29, 1.82) is 5.41 Å². The Morgan fingerprint density at radius 2 is 1.66 bits per heavy atom. The smallest absolute Gasteiger partial charge is 0.162 e. The van der Waals surface area contributed by atoms with Crippen molar-refractivity contribution >= 4 is 45.7 Å². The summed E-state index contributed by atoms with van der Waals surface area (Å²) in [6, 6.07) is 22.0. The van der Waals surface area contributed by atoms with Crippen LogP contribution in [-0.4, -0.2) is 23.4 Å². The molecule has 4 rings (SSSR count). The maximum Gasteiger partial charge on any atom is 0.162 e. The quantitative estimate of drug-likeness (QED) is 0.247. The molecule has 8 heteroatoms. The van der Waals surface area contributed by atoms with Gasteiger partial charge in [0.2, 0.25) is 0 Å². The van der Waals surface area contributed by atoms with Crippen LogP contribution < -0.4 is 15.8 Å². The molecule has 32 heavy (non-hydrogen) atoms. The molecular weight excluding hydrogens is 440 g/mol. The van der Waals surface area contributed by atoms with E-state index in [1.54, 1.807) is 18.2 Å². The number of thiophene rings is 2. The van der Waals surface area contributed by atoms with Gasteiger partial charge in [0.15, 0.2) is 5.84 Å². The summed E-state index contributed by atoms with van der Waals surface area (Å²) >= 11 is 3.00. The number of benzene rings is 2. The maximum atomic E-state index is 10.6. The van der Waals surface area contributed by atoms with Crippen LogP contribution in [0.3, 0.4) is 0 Å². The molecule has 1 radical (unpaired) electrons. The van der Waals surface area contributed by atoms with Crippen LogP contribution in [0.1, 0.15) is 21.4 Å². The summed E-state index contributed by atoms with van der Waals surface area (Å²) in [5, 5.41) is 26.9. The highest BCUT2D eigenvalue weighted by atomic mass is 32.1. The van der Waals surface area contributed by atoms with E-state index in [9.17, 15) is 5.11 Å². The van der Waals surface area contributed by atoms with Gasteiger partial charge in [0, 0.05) is 6.07 Å². The monoisotopic (exact) mass is 461 g/mol. The van der Waals surface area contributed by atoms with Crippen molar-refractivity contribution in [3.05, 3.63) is 98.9 Å². The molecule has 0 aliphatic heterocycles. The molecule has 161 valence electrons. The molecule has 0 aliphatic rings. The third-order valence-corrected chi connectivity index (χ3v) is 6.27. The lowest BCUT2D eigenvalue weighted by molar-refractivity contribution is 0.108. The zero-order valence-corrected chi connectivity index (χ0v) is 18.6. The lowest BCUT2D eigenvalue weighted by Gasteiger charge is -2.14. The lowest BCUT2D eigenvalue weighted by Crippen LogP contribution is -2.11. The molecule has 6 nitrogen and oxygen atoms in total. The van der Waals surface area contributed by atoms with Gasteiger partial charge in [-0.3, -0.25) is 5.41 Å². The average Bonchev–Trinajstić information content (AvgIpc) is 3.52. The van der Waals surface area contributed by atoms with Crippen LogP contribution in [0.5, 0.6) is 5.75 Å². The SMILES string of the molecule is N=C([N]c1cccc(OC[C@@H](O)c2cccc(N=C(N)c3cccs3)c2)c1)c1cccs1. The van der Waals surface area contributed by atoms with E-state index < -0.39 is 6.10 Å². The van der Waals surface area contributed by atoms with Gasteiger partial charge in [0.1, 0.15) is 24.3 Å². The highest BCUT2D eigenvalue weighted by Gasteiger charge is 2.11. The Labute approximate surface area is 194 Å². The van der Waals surface area contributed by atoms with Gasteiger partial charge < -0.3 is 15.6 Å². The molecule has 0 saturated heterocycles. The number of rotatable bonds is 8. The van der Waals surface area contributed by atoms with E-state index in [0.717, 1.165) is 9.75 Å². The highest BCUT2D eigenvalue weighted by molar-refractivity contribution is 7.12. The topological polar surface area (TPSA) is 106 Å². The van der Waals surface area contributed by atoms with Crippen LogP contribution in [0.2, 0.25) is 0 Å². The van der Waals surface area contributed by atoms with E-state index >= 15 is 0 Å². The Balaban J connectivity index is 1.38. The fraction of sp³-hybridized carbons (Fsp3) is 0.0833. The standard InChI is InChI=1S/C24H21N4O2S2/c25-23(21-9-3-11-31-21)27-17-6-1-5-16(13-17)20(29)15-30-19-8-2-7-18(14-19)28-24(26)22-10-4-12-32-22/h1-14,20,26,29H,15H2,(H2,25,27)/t20-/m1/s1. The predicted octanol–water partition coefficient (Wildman–Crippen LogP) is 5.22. The Bertz CT molecular complexity index is 1200. The summed E-state index contributed by atoms with van der Waals surface area (Å²) in [4.78, 5) is 6.14. The molecule has 4 N–H and O–H groups in total. The van der Waals surface area contributed by atoms with Crippen molar-refractivity contribution in [1.82, 2.24) is 5.32 Å². The van der Waals surface area contributed by atoms with E-state index in [0.29, 0.717) is 28.5 Å². The van der Waals surface area contributed by atoms with Gasteiger partial charge in [-0.15, -0.1) is 22.7 Å². The zero-order valence-electron chi connectivity index (χ0n) is 17.0. The van der Waals surface area contributed by atoms with Gasteiger partial charge in [0.25, 0.3) is 0 Å². The summed E-state index contributed by atoms with van der Waals surface area (Å²) in [5.41, 5.74) is 8.04. The van der Waals surface area contributed by atoms with Gasteiger partial charge >= 0.3 is 0 Å². The largest absolute Gasteiger partial charge is 0.490 e. The number of nitrogens with two attached hydrogens (primary N) is 1. The van der Waals surface area contributed by atoms with Crippen molar-refractivity contribution in [2.45, 2.75) is 6.10 Å². The van der Waals surface area contributed by atoms with Crippen molar-refractivity contribution in [3.8, 4) is 5.75 Å². The van der Waals surface area contributed by atoms with Gasteiger partial charge in [0.05, 0.1) is 21.1 Å². The summed E-state index contributed by atoms with van der Waals surface area (Å²) in [6.07, 6.45) is -0.835. The summed E-state index contributed by atoms with van der Waals surface area (Å²) in [6.45, 7) is 0.0688. The van der Waals surface area contributed by atoms with Crippen LogP contribution in [-0.2, 0) is 0 Å². The molecule has 0 aliphatic carbocycles. The highest BCUT2D eigenvalue weighted by Crippen LogP contribution is 2.24. The second-order valence-corrected chi connectivity index (χ2v) is 8.73. The number of amidine groups is 2. The minimum Gasteiger partial charge on any atom is -0.490 e. The van der Waals surface area contributed by atoms with Crippen LogP contribution in [0.4, 0.5) is 11.4 Å². The van der Waals surface area contributed by atoms with Crippen LogP contribution in [0.25, 0.3) is 0 Å². The van der Waals surface area contributed by atoms with Crippen LogP contribution in [0.15, 0.2) is 88.5 Å². The van der Waals surface area contributed by atoms with Crippen molar-refractivity contribution in [3.63, 3.8) is 0 Å². The lowest BCUT2D eigenvalue weighted by atomic mass is 10.1. The van der Waals surface area contributed by atoms with Gasteiger partial charge in [-0.2, -0.15) is 0 Å². The molecule has 4 aromatic rings. The summed E-state index contributed by atoms with van der Waals surface area (Å²) < 4.78 is 5.78. The molecule has 2 aromatic carbocycles. The molecule has 0 saturated carbocycles. The second-order valence-electron chi connectivity index (χ2n) is 6.83. The molecule has 1 atom stereocenters. The Morgan fingerprint density at radius 1 is 0.938 bits per heavy atom. The Morgan fingerprint density at radius 3 is 2.41 bits per heavy atom. The summed E-state index contributed by atoms with van der Waals surface area (Å²) in [5.74, 6) is 1.22. The first-order valence-corrected chi connectivity index (χ1v) is 11.6.